The van der Waals surface area contributed by atoms with Gasteiger partial charge in [0.2, 0.25) is 0 Å². The maximum atomic E-state index is 12.0. The van der Waals surface area contributed by atoms with Gasteiger partial charge in [-0.2, -0.15) is 8.78 Å². The summed E-state index contributed by atoms with van der Waals surface area (Å²) in [6, 6.07) is 5.72. The molecule has 18 heavy (non-hydrogen) atoms. The van der Waals surface area contributed by atoms with Crippen molar-refractivity contribution in [3.8, 4) is 5.75 Å². The lowest BCUT2D eigenvalue weighted by molar-refractivity contribution is -0.0499. The molecule has 1 rings (SSSR count). The highest BCUT2D eigenvalue weighted by Gasteiger charge is 2.10. The fourth-order valence-corrected chi connectivity index (χ4v) is 1.20. The maximum absolute atomic E-state index is 12.0. The lowest BCUT2D eigenvalue weighted by Gasteiger charge is -2.10. The van der Waals surface area contributed by atoms with Gasteiger partial charge in [0.25, 0.3) is 0 Å². The van der Waals surface area contributed by atoms with Crippen LogP contribution in [0.4, 0.5) is 8.78 Å². The van der Waals surface area contributed by atoms with Crippen LogP contribution in [0.2, 0.25) is 0 Å². The van der Waals surface area contributed by atoms with E-state index in [4.69, 9.17) is 11.5 Å². The van der Waals surface area contributed by atoms with Crippen LogP contribution < -0.4 is 16.2 Å². The number of halogens is 3. The summed E-state index contributed by atoms with van der Waals surface area (Å²) in [5.74, 6) is -0.176. The molecule has 0 radical (unpaired) electrons. The Morgan fingerprint density at radius 1 is 1.39 bits per heavy atom. The number of guanidine groups is 1. The third-order valence-corrected chi connectivity index (χ3v) is 1.91. The van der Waals surface area contributed by atoms with E-state index in [-0.39, 0.29) is 42.2 Å². The molecule has 1 atom stereocenters. The van der Waals surface area contributed by atoms with Crippen LogP contribution in [0.25, 0.3) is 0 Å². The molecule has 1 unspecified atom stereocenters. The quantitative estimate of drug-likeness (QED) is 0.411. The van der Waals surface area contributed by atoms with Crippen LogP contribution in [0.1, 0.15) is 11.7 Å². The van der Waals surface area contributed by atoms with Gasteiger partial charge in [0, 0.05) is 0 Å². The van der Waals surface area contributed by atoms with Gasteiger partial charge in [0.1, 0.15) is 5.75 Å². The Kier molecular flexibility index (Phi) is 7.51. The van der Waals surface area contributed by atoms with Crippen LogP contribution in [0.5, 0.6) is 5.75 Å². The minimum Gasteiger partial charge on any atom is -0.435 e. The van der Waals surface area contributed by atoms with Crippen LogP contribution in [-0.4, -0.2) is 24.2 Å². The highest BCUT2D eigenvalue weighted by Crippen LogP contribution is 2.20. The summed E-state index contributed by atoms with van der Waals surface area (Å²) >= 11 is 0. The Morgan fingerprint density at radius 2 is 2.06 bits per heavy atom. The summed E-state index contributed by atoms with van der Waals surface area (Å²) in [6.45, 7) is -2.94. The molecule has 5 N–H and O–H groups in total. The first kappa shape index (κ1) is 16.8. The number of rotatable bonds is 5. The van der Waals surface area contributed by atoms with E-state index in [0.717, 1.165) is 0 Å². The van der Waals surface area contributed by atoms with Gasteiger partial charge < -0.3 is 21.3 Å². The van der Waals surface area contributed by atoms with Crippen LogP contribution in [0, 0.1) is 0 Å². The fraction of sp³-hybridized carbons (Fsp3) is 0.300. The second kappa shape index (κ2) is 8.03. The van der Waals surface area contributed by atoms with Crippen molar-refractivity contribution in [3.63, 3.8) is 0 Å². The van der Waals surface area contributed by atoms with E-state index < -0.39 is 12.7 Å². The van der Waals surface area contributed by atoms with Crippen LogP contribution in [0.15, 0.2) is 29.3 Å². The second-order valence-corrected chi connectivity index (χ2v) is 3.23. The molecule has 0 aliphatic rings. The van der Waals surface area contributed by atoms with Crippen LogP contribution in [0.3, 0.4) is 0 Å². The molecule has 1 aromatic carbocycles. The number of hydrogen-bond acceptors (Lipinski definition) is 3. The zero-order chi connectivity index (χ0) is 12.8. The largest absolute Gasteiger partial charge is 0.435 e. The van der Waals surface area contributed by atoms with Gasteiger partial charge in [0.05, 0.1) is 12.6 Å². The topological polar surface area (TPSA) is 93.9 Å². The summed E-state index contributed by atoms with van der Waals surface area (Å²) in [7, 11) is 0. The third kappa shape index (κ3) is 5.96. The van der Waals surface area contributed by atoms with Crippen molar-refractivity contribution in [2.75, 3.05) is 6.54 Å². The van der Waals surface area contributed by atoms with Crippen LogP contribution >= 0.6 is 24.0 Å². The Morgan fingerprint density at radius 3 is 2.61 bits per heavy atom. The number of ether oxygens (including phenoxy) is 1. The Hall–Kier alpha value is -1.16. The molecular formula is C10H14F2IN3O2. The number of benzene rings is 1. The van der Waals surface area contributed by atoms with Crippen molar-refractivity contribution in [3.05, 3.63) is 29.8 Å². The molecule has 0 amide bonds. The zero-order valence-corrected chi connectivity index (χ0v) is 11.6. The van der Waals surface area contributed by atoms with Crippen molar-refractivity contribution in [2.24, 2.45) is 16.5 Å². The predicted octanol–water partition coefficient (Wildman–Crippen LogP) is 1.21. The zero-order valence-electron chi connectivity index (χ0n) is 9.29. The number of nitrogens with two attached hydrogens (primary N) is 2. The number of nitrogens with zero attached hydrogens (tertiary/aromatic N) is 1. The smallest absolute Gasteiger partial charge is 0.387 e. The molecule has 0 saturated heterocycles. The fourth-order valence-electron chi connectivity index (χ4n) is 1.20. The first-order valence-corrected chi connectivity index (χ1v) is 4.77. The second-order valence-electron chi connectivity index (χ2n) is 3.23. The van der Waals surface area contributed by atoms with E-state index in [1.54, 1.807) is 6.07 Å². The summed E-state index contributed by atoms with van der Waals surface area (Å²) in [4.78, 5) is 3.62. The monoisotopic (exact) mass is 373 g/mol. The van der Waals surface area contributed by atoms with E-state index in [9.17, 15) is 13.9 Å². The van der Waals surface area contributed by atoms with Gasteiger partial charge in [-0.25, -0.2) is 0 Å². The summed E-state index contributed by atoms with van der Waals surface area (Å²) in [5, 5.41) is 9.67. The molecule has 102 valence electrons. The summed E-state index contributed by atoms with van der Waals surface area (Å²) < 4.78 is 28.1. The maximum Gasteiger partial charge on any atom is 0.387 e. The van der Waals surface area contributed by atoms with E-state index in [1.807, 2.05) is 0 Å². The molecular weight excluding hydrogens is 359 g/mol. The molecule has 0 heterocycles. The first-order chi connectivity index (χ1) is 7.99. The number of alkyl halides is 2. The standard InChI is InChI=1S/C10H13F2N3O2.HI/c11-9(12)17-7-3-1-2-6(4-7)8(16)5-15-10(13)14;/h1-4,8-9,16H,5H2,(H4,13,14,15);1H. The molecule has 0 saturated carbocycles. The molecule has 0 spiro atoms. The molecule has 0 bridgehead atoms. The predicted molar refractivity (Wildman–Crippen MR) is 74.1 cm³/mol. The lowest BCUT2D eigenvalue weighted by Crippen LogP contribution is -2.23. The molecule has 1 aromatic rings. The third-order valence-electron chi connectivity index (χ3n) is 1.91. The van der Waals surface area contributed by atoms with Gasteiger partial charge in [-0.1, -0.05) is 12.1 Å². The molecule has 0 aliphatic heterocycles. The van der Waals surface area contributed by atoms with Crippen LogP contribution in [-0.2, 0) is 0 Å². The molecule has 0 aliphatic carbocycles. The van der Waals surface area contributed by atoms with Gasteiger partial charge >= 0.3 is 6.61 Å². The summed E-state index contributed by atoms with van der Waals surface area (Å²) in [6.07, 6.45) is -0.974. The van der Waals surface area contributed by atoms with Crippen molar-refractivity contribution < 1.29 is 18.6 Å². The minimum atomic E-state index is -2.90. The van der Waals surface area contributed by atoms with E-state index in [1.165, 1.54) is 18.2 Å². The van der Waals surface area contributed by atoms with Crippen molar-refractivity contribution >= 4 is 29.9 Å². The molecule has 8 heteroatoms. The number of aliphatic hydroxyl groups is 1. The van der Waals surface area contributed by atoms with E-state index in [0.29, 0.717) is 5.56 Å². The van der Waals surface area contributed by atoms with Gasteiger partial charge in [0.15, 0.2) is 5.96 Å². The van der Waals surface area contributed by atoms with E-state index >= 15 is 0 Å². The Bertz CT molecular complexity index is 400. The van der Waals surface area contributed by atoms with Crippen molar-refractivity contribution in [2.45, 2.75) is 12.7 Å². The normalized spacial score (nSPS) is 11.6. The van der Waals surface area contributed by atoms with Crippen molar-refractivity contribution in [1.82, 2.24) is 0 Å². The van der Waals surface area contributed by atoms with Gasteiger partial charge in [-0.15, -0.1) is 24.0 Å². The SMILES string of the molecule is I.NC(N)=NCC(O)c1cccc(OC(F)F)c1. The minimum absolute atomic E-state index is 0. The lowest BCUT2D eigenvalue weighted by atomic mass is 10.1. The number of aliphatic imine (C=N–C) groups is 1. The Balaban J connectivity index is 0.00000289. The first-order valence-electron chi connectivity index (χ1n) is 4.77. The Labute approximate surface area is 120 Å². The highest BCUT2D eigenvalue weighted by molar-refractivity contribution is 14.0. The van der Waals surface area contributed by atoms with Gasteiger partial charge in [-0.3, -0.25) is 4.99 Å². The summed E-state index contributed by atoms with van der Waals surface area (Å²) in [5.41, 5.74) is 10.6. The molecule has 0 fully saturated rings. The van der Waals surface area contributed by atoms with Gasteiger partial charge in [-0.05, 0) is 17.7 Å². The highest BCUT2D eigenvalue weighted by atomic mass is 127. The molecule has 5 nitrogen and oxygen atoms in total. The molecule has 0 aromatic heterocycles. The van der Waals surface area contributed by atoms with E-state index in [2.05, 4.69) is 9.73 Å². The number of hydrogen-bond donors (Lipinski definition) is 3. The van der Waals surface area contributed by atoms with Crippen molar-refractivity contribution in [1.29, 1.82) is 0 Å². The average molecular weight is 373 g/mol. The average Bonchev–Trinajstić information content (AvgIpc) is 2.25. The number of aliphatic hydroxyl groups excluding tert-OH is 1.